The molecule has 0 spiro atoms. The van der Waals surface area contributed by atoms with Crippen molar-refractivity contribution in [2.75, 3.05) is 18.8 Å². The molecule has 1 rings (SSSR count). The van der Waals surface area contributed by atoms with Gasteiger partial charge in [-0.15, -0.1) is 0 Å². The van der Waals surface area contributed by atoms with Crippen molar-refractivity contribution < 1.29 is 13.2 Å². The largest absolute Gasteiger partial charge is 0.401 e. The highest BCUT2D eigenvalue weighted by molar-refractivity contribution is 6.38. The van der Waals surface area contributed by atoms with Crippen LogP contribution in [-0.4, -0.2) is 24.2 Å². The van der Waals surface area contributed by atoms with Crippen molar-refractivity contribution in [3.05, 3.63) is 27.7 Å². The molecule has 2 N–H and O–H groups in total. The highest BCUT2D eigenvalue weighted by Gasteiger charge is 2.30. The van der Waals surface area contributed by atoms with Crippen molar-refractivity contribution in [3.63, 3.8) is 0 Å². The molecule has 0 amide bonds. The predicted molar refractivity (Wildman–Crippen MR) is 67.9 cm³/mol. The molecule has 0 saturated carbocycles. The molecule has 0 fully saturated rings. The number of nitrogens with two attached hydrogens (primary N) is 1. The molecule has 1 aromatic rings. The Hall–Kier alpha value is -0.650. The molecule has 0 atom stereocenters. The van der Waals surface area contributed by atoms with Crippen LogP contribution in [0.2, 0.25) is 10.0 Å². The van der Waals surface area contributed by atoms with Crippen LogP contribution in [0.4, 0.5) is 18.9 Å². The minimum atomic E-state index is -4.22. The third-order valence-electron chi connectivity index (χ3n) is 2.40. The van der Waals surface area contributed by atoms with Gasteiger partial charge in [0.15, 0.2) is 0 Å². The average molecular weight is 301 g/mol. The monoisotopic (exact) mass is 300 g/mol. The second kappa shape index (κ2) is 5.99. The Morgan fingerprint density at radius 1 is 1.22 bits per heavy atom. The van der Waals surface area contributed by atoms with Gasteiger partial charge in [0.1, 0.15) is 0 Å². The molecule has 2 nitrogen and oxygen atoms in total. The van der Waals surface area contributed by atoms with Crippen molar-refractivity contribution in [1.82, 2.24) is 4.90 Å². The summed E-state index contributed by atoms with van der Waals surface area (Å²) in [5.74, 6) is 0. The molecule has 0 aliphatic carbocycles. The van der Waals surface area contributed by atoms with E-state index < -0.39 is 12.7 Å². The highest BCUT2D eigenvalue weighted by atomic mass is 35.5. The van der Waals surface area contributed by atoms with Gasteiger partial charge in [0.25, 0.3) is 0 Å². The first-order chi connectivity index (χ1) is 8.23. The van der Waals surface area contributed by atoms with Crippen LogP contribution in [0.15, 0.2) is 12.1 Å². The third kappa shape index (κ3) is 4.55. The molecule has 0 bridgehead atoms. The zero-order valence-corrected chi connectivity index (χ0v) is 11.2. The van der Waals surface area contributed by atoms with Crippen LogP contribution >= 0.6 is 23.2 Å². The fourth-order valence-corrected chi connectivity index (χ4v) is 2.05. The van der Waals surface area contributed by atoms with E-state index in [2.05, 4.69) is 0 Å². The fourth-order valence-electron chi connectivity index (χ4n) is 1.52. The average Bonchev–Trinajstić information content (AvgIpc) is 2.23. The Morgan fingerprint density at radius 3 is 2.11 bits per heavy atom. The fraction of sp³-hybridized carbons (Fsp3) is 0.455. The standard InChI is InChI=1S/C11H13Cl2F3N2/c1-2-18(6-11(14,15)16)5-7-3-8(12)10(17)9(13)4-7/h3-4H,2,5-6,17H2,1H3. The van der Waals surface area contributed by atoms with Gasteiger partial charge in [0, 0.05) is 6.54 Å². The lowest BCUT2D eigenvalue weighted by Crippen LogP contribution is -2.33. The number of alkyl halides is 3. The molecular weight excluding hydrogens is 288 g/mol. The van der Waals surface area contributed by atoms with E-state index in [-0.39, 0.29) is 28.8 Å². The number of hydrogen-bond donors (Lipinski definition) is 1. The molecular formula is C11H13Cl2F3N2. The van der Waals surface area contributed by atoms with Crippen LogP contribution in [0.25, 0.3) is 0 Å². The van der Waals surface area contributed by atoms with Gasteiger partial charge in [0.2, 0.25) is 0 Å². The molecule has 1 aromatic carbocycles. The van der Waals surface area contributed by atoms with Gasteiger partial charge in [-0.1, -0.05) is 30.1 Å². The Morgan fingerprint density at radius 2 is 1.72 bits per heavy atom. The van der Waals surface area contributed by atoms with Gasteiger partial charge in [-0.3, -0.25) is 4.90 Å². The molecule has 0 aliphatic heterocycles. The first kappa shape index (κ1) is 15.4. The SMILES string of the molecule is CCN(Cc1cc(Cl)c(N)c(Cl)c1)CC(F)(F)F. The Bertz CT molecular complexity index is 398. The minimum absolute atomic E-state index is 0.121. The predicted octanol–water partition coefficient (Wildman–Crippen LogP) is 3.96. The maximum absolute atomic E-state index is 12.3. The number of benzene rings is 1. The van der Waals surface area contributed by atoms with Crippen molar-refractivity contribution in [2.45, 2.75) is 19.6 Å². The maximum atomic E-state index is 12.3. The van der Waals surface area contributed by atoms with Gasteiger partial charge >= 0.3 is 6.18 Å². The van der Waals surface area contributed by atoms with Gasteiger partial charge in [-0.25, -0.2) is 0 Å². The van der Waals surface area contributed by atoms with Crippen LogP contribution in [-0.2, 0) is 6.54 Å². The molecule has 0 unspecified atom stereocenters. The van der Waals surface area contributed by atoms with Crippen molar-refractivity contribution in [1.29, 1.82) is 0 Å². The maximum Gasteiger partial charge on any atom is 0.401 e. The van der Waals surface area contributed by atoms with E-state index in [1.54, 1.807) is 6.92 Å². The normalized spacial score (nSPS) is 12.2. The molecule has 0 radical (unpaired) electrons. The summed E-state index contributed by atoms with van der Waals surface area (Å²) in [5.41, 5.74) is 6.40. The van der Waals surface area contributed by atoms with Crippen LogP contribution in [0.1, 0.15) is 12.5 Å². The molecule has 0 heterocycles. The molecule has 0 aliphatic rings. The summed E-state index contributed by atoms with van der Waals surface area (Å²) in [6.45, 7) is 1.09. The minimum Gasteiger partial charge on any atom is -0.396 e. The molecule has 7 heteroatoms. The lowest BCUT2D eigenvalue weighted by atomic mass is 10.2. The van der Waals surface area contributed by atoms with E-state index in [0.29, 0.717) is 5.56 Å². The lowest BCUT2D eigenvalue weighted by molar-refractivity contribution is -0.146. The number of rotatable bonds is 4. The van der Waals surface area contributed by atoms with Gasteiger partial charge in [-0.2, -0.15) is 13.2 Å². The quantitative estimate of drug-likeness (QED) is 0.853. The van der Waals surface area contributed by atoms with Crippen LogP contribution in [0.5, 0.6) is 0 Å². The van der Waals surface area contributed by atoms with Crippen LogP contribution in [0.3, 0.4) is 0 Å². The van der Waals surface area contributed by atoms with Crippen molar-refractivity contribution >= 4 is 28.9 Å². The van der Waals surface area contributed by atoms with E-state index in [1.165, 1.54) is 17.0 Å². The third-order valence-corrected chi connectivity index (χ3v) is 3.02. The molecule has 102 valence electrons. The number of nitrogens with zero attached hydrogens (tertiary/aromatic N) is 1. The summed E-state index contributed by atoms with van der Waals surface area (Å²) in [4.78, 5) is 1.25. The van der Waals surface area contributed by atoms with Crippen LogP contribution in [0, 0.1) is 0 Å². The second-order valence-electron chi connectivity index (χ2n) is 3.89. The van der Waals surface area contributed by atoms with E-state index in [4.69, 9.17) is 28.9 Å². The smallest absolute Gasteiger partial charge is 0.396 e. The number of halogens is 5. The van der Waals surface area contributed by atoms with Gasteiger partial charge in [-0.05, 0) is 24.2 Å². The first-order valence-corrected chi connectivity index (χ1v) is 6.01. The van der Waals surface area contributed by atoms with Gasteiger partial charge in [0.05, 0.1) is 22.3 Å². The van der Waals surface area contributed by atoms with Crippen LogP contribution < -0.4 is 5.73 Å². The summed E-state index contributed by atoms with van der Waals surface area (Å²) < 4.78 is 36.9. The number of anilines is 1. The van der Waals surface area contributed by atoms with E-state index in [9.17, 15) is 13.2 Å². The second-order valence-corrected chi connectivity index (χ2v) is 4.71. The Labute approximate surface area is 113 Å². The summed E-state index contributed by atoms with van der Waals surface area (Å²) in [6.07, 6.45) is -4.22. The topological polar surface area (TPSA) is 29.3 Å². The summed E-state index contributed by atoms with van der Waals surface area (Å²) in [7, 11) is 0. The van der Waals surface area contributed by atoms with E-state index in [1.807, 2.05) is 0 Å². The Balaban J connectivity index is 2.82. The molecule has 18 heavy (non-hydrogen) atoms. The summed E-state index contributed by atoms with van der Waals surface area (Å²) in [6, 6.07) is 3.06. The van der Waals surface area contributed by atoms with E-state index >= 15 is 0 Å². The lowest BCUT2D eigenvalue weighted by Gasteiger charge is -2.22. The molecule has 0 aromatic heterocycles. The number of nitrogen functional groups attached to an aromatic ring is 1. The zero-order valence-electron chi connectivity index (χ0n) is 9.69. The van der Waals surface area contributed by atoms with Gasteiger partial charge < -0.3 is 5.73 Å². The zero-order chi connectivity index (χ0) is 13.9. The highest BCUT2D eigenvalue weighted by Crippen LogP contribution is 2.29. The molecule has 0 saturated heterocycles. The Kier molecular flexibility index (Phi) is 5.13. The van der Waals surface area contributed by atoms with E-state index in [0.717, 1.165) is 0 Å². The van der Waals surface area contributed by atoms with Crippen molar-refractivity contribution in [2.24, 2.45) is 0 Å². The summed E-state index contributed by atoms with van der Waals surface area (Å²) >= 11 is 11.7. The first-order valence-electron chi connectivity index (χ1n) is 5.25. The van der Waals surface area contributed by atoms with Crippen molar-refractivity contribution in [3.8, 4) is 0 Å². The number of hydrogen-bond acceptors (Lipinski definition) is 2. The summed E-state index contributed by atoms with van der Waals surface area (Å²) in [5, 5.41) is 0.501.